The molecule has 7 aliphatic heterocycles. The Morgan fingerprint density at radius 2 is 1.20 bits per heavy atom. The summed E-state index contributed by atoms with van der Waals surface area (Å²) >= 11 is 0. The monoisotopic (exact) mass is 1440 g/mol. The van der Waals surface area contributed by atoms with Gasteiger partial charge >= 0.3 is 6.09 Å². The highest BCUT2D eigenvalue weighted by molar-refractivity contribution is 7.00. The van der Waals surface area contributed by atoms with E-state index in [2.05, 4.69) is 216 Å². The van der Waals surface area contributed by atoms with Crippen molar-refractivity contribution in [3.8, 4) is 0 Å². The lowest BCUT2D eigenvalue weighted by molar-refractivity contribution is -0.254. The molecule has 0 radical (unpaired) electrons. The first-order chi connectivity index (χ1) is 48.9. The topological polar surface area (TPSA) is 139 Å². The third kappa shape index (κ3) is 17.6. The van der Waals surface area contributed by atoms with E-state index in [0.717, 1.165) is 47.2 Å². The first kappa shape index (κ1) is 78.6. The van der Waals surface area contributed by atoms with Crippen molar-refractivity contribution in [3.63, 3.8) is 0 Å². The maximum atomic E-state index is 15.6. The second-order valence-electron chi connectivity index (χ2n) is 34.3. The zero-order valence-electron chi connectivity index (χ0n) is 64.3. The Morgan fingerprint density at radius 1 is 0.631 bits per heavy atom. The summed E-state index contributed by atoms with van der Waals surface area (Å²) < 4.78 is 78.9. The molecule has 560 valence electrons. The molecule has 1 amide bonds. The maximum Gasteiger partial charge on any atom is 0.412 e. The average molecular weight is 1450 g/mol. The van der Waals surface area contributed by atoms with Gasteiger partial charge in [-0.25, -0.2) is 4.79 Å². The quantitative estimate of drug-likeness (QED) is 0.0318. The lowest BCUT2D eigenvalue weighted by Gasteiger charge is -2.53. The molecule has 0 aromatic heterocycles. The Morgan fingerprint density at radius 3 is 1.76 bits per heavy atom. The van der Waals surface area contributed by atoms with Gasteiger partial charge in [-0.05, 0) is 139 Å². The van der Waals surface area contributed by atoms with Gasteiger partial charge in [0.05, 0.1) is 80.8 Å². The van der Waals surface area contributed by atoms with Crippen LogP contribution in [0.15, 0.2) is 183 Å². The van der Waals surface area contributed by atoms with E-state index < -0.39 is 87.9 Å². The number of hydrogen-bond acceptors (Lipinski definition) is 13. The Balaban J connectivity index is 0.891. The fraction of sp³-hybridized carbons (Fsp3) is 0.586. The van der Waals surface area contributed by atoms with Crippen LogP contribution in [0.25, 0.3) is 0 Å². The zero-order chi connectivity index (χ0) is 73.8. The fourth-order valence-electron chi connectivity index (χ4n) is 17.9. The van der Waals surface area contributed by atoms with E-state index in [4.69, 9.17) is 51.5 Å². The van der Waals surface area contributed by atoms with Crippen LogP contribution in [0.4, 0.5) is 4.79 Å². The van der Waals surface area contributed by atoms with Crippen molar-refractivity contribution >= 4 is 49.3 Å². The summed E-state index contributed by atoms with van der Waals surface area (Å²) in [5.41, 5.74) is 0.567. The molecule has 14 nitrogen and oxygen atoms in total. The number of rotatable bonds is 27. The van der Waals surface area contributed by atoms with Crippen LogP contribution < -0.4 is 20.7 Å². The number of amides is 1. The average Bonchev–Trinajstić information content (AvgIpc) is 1.71. The molecule has 0 saturated carbocycles. The lowest BCUT2D eigenvalue weighted by atomic mass is 9.78. The van der Waals surface area contributed by atoms with Gasteiger partial charge in [0.1, 0.15) is 47.6 Å². The fourth-order valence-corrected chi connectivity index (χ4v) is 27.3. The molecule has 0 aliphatic carbocycles. The Bertz CT molecular complexity index is 3450. The summed E-state index contributed by atoms with van der Waals surface area (Å²) in [6.45, 7) is 48.6. The molecule has 7 saturated heterocycles. The molecule has 7 aliphatic rings. The van der Waals surface area contributed by atoms with Crippen molar-refractivity contribution in [2.24, 2.45) is 23.7 Å². The van der Waals surface area contributed by atoms with Gasteiger partial charge < -0.3 is 51.5 Å². The molecular formula is C87H121NO13Si2. The van der Waals surface area contributed by atoms with E-state index in [1.54, 1.807) is 11.0 Å². The van der Waals surface area contributed by atoms with Crippen molar-refractivity contribution in [2.45, 2.75) is 281 Å². The standard InChI is InChI=1S/C87H121NO13Si2/c1-19-47-91-48-33-34-63-51-59(5)72(92-63)45-43-64-50-58(4)60(6)75(93-64)55-76-71(61(7)74(95-76)54-66-56-88(87(17,18)98-66)83(90)99-84(8,9)10)53-62(89)52-65-44-46-73-78(94-65)82(101-103(86(14,15)16,69-39-29-23-30-40-69)70-41-31-24-32-42-70)81-80(96-73)79(77(97-81)49-57(3)20-2)100-102(85(11,12)13,67-35-25-21-26-36-67)68-37-27-22-28-38-68/h19-42,57-58,61,63-66,71-82H,1-2,5-6,43-56H2,3-4,7-18H3/b34-33+/t57?,58-,61-,63+,64+,65?,66+,71-,72?,73+,74-,75-,76?,77-,78+,79+,80+,81-,82+/m1/s1. The van der Waals surface area contributed by atoms with E-state index in [-0.39, 0.29) is 90.1 Å². The number of carbonyl (C=O) groups is 2. The van der Waals surface area contributed by atoms with Gasteiger partial charge in [0.15, 0.2) is 0 Å². The molecule has 0 bridgehead atoms. The number of ketones is 1. The van der Waals surface area contributed by atoms with E-state index >= 15 is 4.79 Å². The number of Topliss-reactive ketones (excluding diaryl/α,β-unsaturated/α-hetero) is 1. The second kappa shape index (κ2) is 33.0. The van der Waals surface area contributed by atoms with Crippen LogP contribution >= 0.6 is 0 Å². The molecule has 103 heavy (non-hydrogen) atoms. The van der Waals surface area contributed by atoms with E-state index in [1.807, 2.05) is 46.8 Å². The highest BCUT2D eigenvalue weighted by Gasteiger charge is 2.65. The number of hydrogen-bond donors (Lipinski definition) is 0. The minimum atomic E-state index is -3.35. The number of fused-ring (bicyclic) bond motifs is 2. The number of benzene rings is 4. The SMILES string of the molecule is C=CCOC/C=C/[C@H]1CC(=C)C(CC[C@H]2C[C@@H](C)C(=C)[C@@H](CC3O[C@H](C[C@H]4CN(C(=O)OC(C)(C)C)C(C)(C)O4)[C@H](C)[C@H]3CC(=O)CC3CC[C@@H]4O[C@@H]5[C@@H](O[C@H](CC(C)C=C)[C@@H]5O[Si](c5ccccc5)(c5ccccc5)C(C)(C)C)[C@@H](O[Si](c5ccccc5)(c5ccccc5)C(C)(C)C)[C@H]4O3)O2)O1. The minimum absolute atomic E-state index is 0.0284. The van der Waals surface area contributed by atoms with Crippen LogP contribution in [0.5, 0.6) is 0 Å². The largest absolute Gasteiger partial charge is 0.444 e. The first-order valence-corrected chi connectivity index (χ1v) is 42.3. The van der Waals surface area contributed by atoms with E-state index in [0.29, 0.717) is 51.9 Å². The van der Waals surface area contributed by atoms with Crippen LogP contribution in [0.1, 0.15) is 168 Å². The van der Waals surface area contributed by atoms with Crippen LogP contribution in [-0.4, -0.2) is 156 Å². The maximum absolute atomic E-state index is 15.6. The predicted molar refractivity (Wildman–Crippen MR) is 414 cm³/mol. The van der Waals surface area contributed by atoms with Gasteiger partial charge in [-0.2, -0.15) is 0 Å². The minimum Gasteiger partial charge on any atom is -0.444 e. The summed E-state index contributed by atoms with van der Waals surface area (Å²) in [4.78, 5) is 31.0. The normalized spacial score (nSPS) is 31.6. The van der Waals surface area contributed by atoms with E-state index in [1.165, 1.54) is 10.4 Å². The Hall–Kier alpha value is -5.45. The Labute approximate surface area is 618 Å². The molecule has 0 spiro atoms. The molecule has 11 rings (SSSR count). The number of carbonyl (C=O) groups excluding carboxylic acids is 2. The molecule has 4 aromatic carbocycles. The molecule has 0 N–H and O–H groups in total. The molecule has 4 unspecified atom stereocenters. The zero-order valence-corrected chi connectivity index (χ0v) is 66.3. The van der Waals surface area contributed by atoms with Gasteiger partial charge in [-0.3, -0.25) is 9.69 Å². The number of ether oxygens (including phenoxy) is 9. The second-order valence-corrected chi connectivity index (χ2v) is 42.8. The van der Waals surface area contributed by atoms with Gasteiger partial charge in [0.25, 0.3) is 16.6 Å². The third-order valence-corrected chi connectivity index (χ3v) is 33.2. The summed E-state index contributed by atoms with van der Waals surface area (Å²) in [7, 11) is -6.56. The van der Waals surface area contributed by atoms with Crippen molar-refractivity contribution in [1.29, 1.82) is 0 Å². The predicted octanol–water partition coefficient (Wildman–Crippen LogP) is 15.3. The lowest BCUT2D eigenvalue weighted by Crippen LogP contribution is -2.73. The third-order valence-electron chi connectivity index (χ3n) is 23.2. The summed E-state index contributed by atoms with van der Waals surface area (Å²) in [5.74, 6) is 0.190. The van der Waals surface area contributed by atoms with Crippen LogP contribution in [0.3, 0.4) is 0 Å². The molecule has 7 fully saturated rings. The summed E-state index contributed by atoms with van der Waals surface area (Å²) in [6, 6.07) is 43.3. The molecule has 4 aromatic rings. The van der Waals surface area contributed by atoms with Gasteiger partial charge in [-0.1, -0.05) is 221 Å². The Kier molecular flexibility index (Phi) is 25.2. The molecular weight excluding hydrogens is 1320 g/mol. The van der Waals surface area contributed by atoms with Gasteiger partial charge in [0.2, 0.25) is 0 Å². The van der Waals surface area contributed by atoms with Crippen molar-refractivity contribution in [2.75, 3.05) is 19.8 Å². The molecule has 19 atom stereocenters. The van der Waals surface area contributed by atoms with Gasteiger partial charge in [-0.15, -0.1) is 13.2 Å². The van der Waals surface area contributed by atoms with Gasteiger partial charge in [0, 0.05) is 32.1 Å². The summed E-state index contributed by atoms with van der Waals surface area (Å²) in [6.07, 6.45) is 8.62. The van der Waals surface area contributed by atoms with Crippen molar-refractivity contribution in [1.82, 2.24) is 4.90 Å². The molecule has 16 heteroatoms. The first-order valence-electron chi connectivity index (χ1n) is 38.5. The van der Waals surface area contributed by atoms with Crippen molar-refractivity contribution in [3.05, 3.63) is 183 Å². The van der Waals surface area contributed by atoms with Crippen LogP contribution in [-0.2, 0) is 56.3 Å². The smallest absolute Gasteiger partial charge is 0.412 e. The number of nitrogens with zero attached hydrogens (tertiary/aromatic N) is 1. The highest BCUT2D eigenvalue weighted by atomic mass is 28.4. The van der Waals surface area contributed by atoms with E-state index in [9.17, 15) is 4.79 Å². The highest BCUT2D eigenvalue weighted by Crippen LogP contribution is 2.50. The molecule has 7 heterocycles. The van der Waals surface area contributed by atoms with Crippen molar-refractivity contribution < 1.29 is 61.1 Å². The number of allylic oxidation sites excluding steroid dienone is 1. The van der Waals surface area contributed by atoms with Crippen LogP contribution in [0, 0.1) is 23.7 Å². The van der Waals surface area contributed by atoms with Crippen LogP contribution in [0.2, 0.25) is 10.1 Å². The summed E-state index contributed by atoms with van der Waals surface area (Å²) in [5, 5.41) is 3.94.